The van der Waals surface area contributed by atoms with Gasteiger partial charge in [-0.1, -0.05) is 0 Å². The molecule has 0 bridgehead atoms. The molecular formula is C20H29N3O3. The Morgan fingerprint density at radius 2 is 1.85 bits per heavy atom. The van der Waals surface area contributed by atoms with Crippen molar-refractivity contribution in [2.75, 3.05) is 32.8 Å². The summed E-state index contributed by atoms with van der Waals surface area (Å²) in [5.41, 5.74) is 1.24. The van der Waals surface area contributed by atoms with E-state index in [-0.39, 0.29) is 23.7 Å². The number of aromatic nitrogens is 1. The van der Waals surface area contributed by atoms with E-state index in [1.54, 1.807) is 0 Å². The molecule has 2 aliphatic heterocycles. The van der Waals surface area contributed by atoms with Crippen molar-refractivity contribution in [2.24, 2.45) is 11.8 Å². The normalized spacial score (nSPS) is 22.2. The van der Waals surface area contributed by atoms with Crippen molar-refractivity contribution >= 4 is 11.9 Å². The molecule has 2 aliphatic rings. The lowest BCUT2D eigenvalue weighted by Crippen LogP contribution is -2.47. The molecule has 1 amide bonds. The zero-order chi connectivity index (χ0) is 18.4. The molecule has 1 aromatic heterocycles. The molecule has 6 heteroatoms. The molecule has 142 valence electrons. The molecule has 2 fully saturated rings. The van der Waals surface area contributed by atoms with Gasteiger partial charge in [0.2, 0.25) is 5.91 Å². The summed E-state index contributed by atoms with van der Waals surface area (Å²) in [6.07, 6.45) is 7.09. The minimum absolute atomic E-state index is 0.0476. The number of hydrogen-bond acceptors (Lipinski definition) is 5. The van der Waals surface area contributed by atoms with Crippen LogP contribution in [0, 0.1) is 11.8 Å². The second-order valence-electron chi connectivity index (χ2n) is 7.28. The van der Waals surface area contributed by atoms with E-state index < -0.39 is 0 Å². The molecule has 1 atom stereocenters. The third-order valence-electron chi connectivity index (χ3n) is 5.44. The number of carbonyl (C=O) groups is 2. The topological polar surface area (TPSA) is 62.7 Å². The Balaban J connectivity index is 1.49. The molecular weight excluding hydrogens is 330 g/mol. The van der Waals surface area contributed by atoms with Gasteiger partial charge in [0.15, 0.2) is 0 Å². The van der Waals surface area contributed by atoms with Crippen LogP contribution in [0.3, 0.4) is 0 Å². The van der Waals surface area contributed by atoms with Gasteiger partial charge in [-0.3, -0.25) is 19.5 Å². The van der Waals surface area contributed by atoms with E-state index >= 15 is 0 Å². The van der Waals surface area contributed by atoms with Crippen molar-refractivity contribution in [2.45, 2.75) is 39.2 Å². The van der Waals surface area contributed by atoms with Gasteiger partial charge >= 0.3 is 5.97 Å². The third kappa shape index (κ3) is 4.81. The Kier molecular flexibility index (Phi) is 6.61. The molecule has 6 nitrogen and oxygen atoms in total. The molecule has 2 saturated heterocycles. The van der Waals surface area contributed by atoms with Crippen LogP contribution < -0.4 is 0 Å². The van der Waals surface area contributed by atoms with Gasteiger partial charge in [-0.15, -0.1) is 0 Å². The van der Waals surface area contributed by atoms with Crippen molar-refractivity contribution in [1.29, 1.82) is 0 Å². The van der Waals surface area contributed by atoms with E-state index in [9.17, 15) is 9.59 Å². The van der Waals surface area contributed by atoms with E-state index in [0.717, 1.165) is 45.3 Å². The van der Waals surface area contributed by atoms with E-state index in [1.807, 2.05) is 36.4 Å². The van der Waals surface area contributed by atoms with E-state index in [4.69, 9.17) is 4.74 Å². The van der Waals surface area contributed by atoms with Gasteiger partial charge in [0.05, 0.1) is 18.4 Å². The molecule has 1 aromatic rings. The average molecular weight is 359 g/mol. The van der Waals surface area contributed by atoms with Gasteiger partial charge in [0.25, 0.3) is 0 Å². The highest BCUT2D eigenvalue weighted by molar-refractivity contribution is 5.80. The monoisotopic (exact) mass is 359 g/mol. The van der Waals surface area contributed by atoms with Crippen LogP contribution in [0.2, 0.25) is 0 Å². The molecule has 0 saturated carbocycles. The van der Waals surface area contributed by atoms with Gasteiger partial charge in [0, 0.05) is 38.6 Å². The fraction of sp³-hybridized carbons (Fsp3) is 0.650. The van der Waals surface area contributed by atoms with Crippen molar-refractivity contribution < 1.29 is 14.3 Å². The Hall–Kier alpha value is -1.95. The van der Waals surface area contributed by atoms with Crippen LogP contribution in [0.15, 0.2) is 24.5 Å². The summed E-state index contributed by atoms with van der Waals surface area (Å²) in [4.78, 5) is 33.2. The highest BCUT2D eigenvalue weighted by atomic mass is 16.5. The van der Waals surface area contributed by atoms with Crippen LogP contribution in [0.1, 0.15) is 38.2 Å². The van der Waals surface area contributed by atoms with Crippen LogP contribution in [0.25, 0.3) is 0 Å². The summed E-state index contributed by atoms with van der Waals surface area (Å²) in [5, 5.41) is 0. The lowest BCUT2D eigenvalue weighted by atomic mass is 9.92. The lowest BCUT2D eigenvalue weighted by Gasteiger charge is -2.37. The second kappa shape index (κ2) is 9.12. The number of hydrogen-bond donors (Lipinski definition) is 0. The zero-order valence-corrected chi connectivity index (χ0v) is 15.6. The predicted molar refractivity (Wildman–Crippen MR) is 98.2 cm³/mol. The number of esters is 1. The predicted octanol–water partition coefficient (Wildman–Crippen LogP) is 2.10. The van der Waals surface area contributed by atoms with E-state index in [2.05, 4.69) is 9.88 Å². The number of pyridine rings is 1. The number of piperidine rings is 2. The zero-order valence-electron chi connectivity index (χ0n) is 15.6. The number of nitrogens with zero attached hydrogens (tertiary/aromatic N) is 3. The summed E-state index contributed by atoms with van der Waals surface area (Å²) in [6.45, 7) is 6.32. The highest BCUT2D eigenvalue weighted by Gasteiger charge is 2.33. The molecule has 0 spiro atoms. The maximum atomic E-state index is 12.9. The summed E-state index contributed by atoms with van der Waals surface area (Å²) < 4.78 is 5.11. The number of rotatable bonds is 5. The first-order valence-corrected chi connectivity index (χ1v) is 9.74. The Morgan fingerprint density at radius 3 is 2.54 bits per heavy atom. The molecule has 0 aliphatic carbocycles. The molecule has 0 radical (unpaired) electrons. The molecule has 3 rings (SSSR count). The van der Waals surface area contributed by atoms with Crippen molar-refractivity contribution in [3.63, 3.8) is 0 Å². The number of ether oxygens (including phenoxy) is 1. The smallest absolute Gasteiger partial charge is 0.309 e. The quantitative estimate of drug-likeness (QED) is 0.754. The van der Waals surface area contributed by atoms with Crippen LogP contribution in [-0.4, -0.2) is 59.4 Å². The van der Waals surface area contributed by atoms with Gasteiger partial charge in [-0.25, -0.2) is 0 Å². The fourth-order valence-electron chi connectivity index (χ4n) is 4.00. The Labute approximate surface area is 155 Å². The van der Waals surface area contributed by atoms with E-state index in [0.29, 0.717) is 19.7 Å². The molecule has 0 N–H and O–H groups in total. The summed E-state index contributed by atoms with van der Waals surface area (Å²) >= 11 is 0. The maximum absolute atomic E-state index is 12.9. The number of amides is 1. The van der Waals surface area contributed by atoms with Crippen LogP contribution >= 0.6 is 0 Å². The molecule has 0 aromatic carbocycles. The van der Waals surface area contributed by atoms with Crippen LogP contribution in [0.4, 0.5) is 0 Å². The summed E-state index contributed by atoms with van der Waals surface area (Å²) in [5.74, 6) is 0.172. The first-order chi connectivity index (χ1) is 12.7. The minimum atomic E-state index is -0.110. The molecule has 26 heavy (non-hydrogen) atoms. The van der Waals surface area contributed by atoms with Gasteiger partial charge < -0.3 is 9.64 Å². The molecule has 3 heterocycles. The SMILES string of the molecule is CCOC(=O)C1CCN(C(=O)C2CCCN(Cc3ccncc3)C2)CC1. The fourth-order valence-corrected chi connectivity index (χ4v) is 4.00. The first-order valence-electron chi connectivity index (χ1n) is 9.74. The summed E-state index contributed by atoms with van der Waals surface area (Å²) in [7, 11) is 0. The van der Waals surface area contributed by atoms with Crippen molar-refractivity contribution in [1.82, 2.24) is 14.8 Å². The van der Waals surface area contributed by atoms with Crippen LogP contribution in [0.5, 0.6) is 0 Å². The molecule has 1 unspecified atom stereocenters. The number of likely N-dealkylation sites (tertiary alicyclic amines) is 2. The average Bonchev–Trinajstić information content (AvgIpc) is 2.69. The third-order valence-corrected chi connectivity index (χ3v) is 5.44. The minimum Gasteiger partial charge on any atom is -0.466 e. The van der Waals surface area contributed by atoms with Crippen LogP contribution in [-0.2, 0) is 20.9 Å². The second-order valence-corrected chi connectivity index (χ2v) is 7.28. The Morgan fingerprint density at radius 1 is 1.12 bits per heavy atom. The summed E-state index contributed by atoms with van der Waals surface area (Å²) in [6, 6.07) is 4.07. The van der Waals surface area contributed by atoms with Crippen molar-refractivity contribution in [3.05, 3.63) is 30.1 Å². The van der Waals surface area contributed by atoms with Gasteiger partial charge in [0.1, 0.15) is 0 Å². The van der Waals surface area contributed by atoms with Gasteiger partial charge in [-0.05, 0) is 56.8 Å². The lowest BCUT2D eigenvalue weighted by molar-refractivity contribution is -0.152. The van der Waals surface area contributed by atoms with E-state index in [1.165, 1.54) is 5.56 Å². The standard InChI is InChI=1S/C20H29N3O3/c1-2-26-20(25)17-7-12-23(13-8-17)19(24)18-4-3-11-22(15-18)14-16-5-9-21-10-6-16/h5-6,9-10,17-18H,2-4,7-8,11-15H2,1H3. The van der Waals surface area contributed by atoms with Crippen molar-refractivity contribution in [3.8, 4) is 0 Å². The largest absolute Gasteiger partial charge is 0.466 e. The maximum Gasteiger partial charge on any atom is 0.309 e. The first kappa shape index (κ1) is 18.8. The Bertz CT molecular complexity index is 600. The highest BCUT2D eigenvalue weighted by Crippen LogP contribution is 2.24. The number of carbonyl (C=O) groups excluding carboxylic acids is 2. The van der Waals surface area contributed by atoms with Gasteiger partial charge in [-0.2, -0.15) is 0 Å².